The van der Waals surface area contributed by atoms with E-state index in [4.69, 9.17) is 9.84 Å². The number of carbonyl (C=O) groups is 2. The van der Waals surface area contributed by atoms with Crippen LogP contribution in [0.3, 0.4) is 0 Å². The lowest BCUT2D eigenvalue weighted by molar-refractivity contribution is -0.152. The molecule has 4 nitrogen and oxygen atoms in total. The lowest BCUT2D eigenvalue weighted by Gasteiger charge is -2.58. The Hall–Kier alpha value is -1.58. The van der Waals surface area contributed by atoms with Gasteiger partial charge >= 0.3 is 11.9 Å². The maximum atomic E-state index is 11.4. The number of carboxylic acid groups (broad SMARTS) is 1. The molecule has 0 heterocycles. The van der Waals surface area contributed by atoms with Gasteiger partial charge in [0.2, 0.25) is 0 Å². The first-order chi connectivity index (χ1) is 12.1. The van der Waals surface area contributed by atoms with Crippen molar-refractivity contribution in [1.82, 2.24) is 0 Å². The molecule has 146 valence electrons. The Kier molecular flexibility index (Phi) is 6.36. The first-order valence-corrected chi connectivity index (χ1v) is 9.79. The van der Waals surface area contributed by atoms with E-state index >= 15 is 0 Å². The maximum absolute atomic E-state index is 11.4. The summed E-state index contributed by atoms with van der Waals surface area (Å²) < 4.78 is 5.45. The number of fused-ring (bicyclic) bond motifs is 1. The zero-order chi connectivity index (χ0) is 19.5. The lowest BCUT2D eigenvalue weighted by atomic mass is 9.47. The highest BCUT2D eigenvalue weighted by Gasteiger charge is 2.54. The minimum absolute atomic E-state index is 0.0174. The first kappa shape index (κ1) is 20.7. The topological polar surface area (TPSA) is 63.6 Å². The molecule has 2 rings (SSSR count). The van der Waals surface area contributed by atoms with Crippen molar-refractivity contribution in [2.75, 3.05) is 6.61 Å². The highest BCUT2D eigenvalue weighted by molar-refractivity contribution is 5.80. The van der Waals surface area contributed by atoms with Gasteiger partial charge in [-0.25, -0.2) is 4.79 Å². The van der Waals surface area contributed by atoms with Gasteiger partial charge in [0, 0.05) is 18.4 Å². The van der Waals surface area contributed by atoms with Gasteiger partial charge in [0.1, 0.15) is 0 Å². The summed E-state index contributed by atoms with van der Waals surface area (Å²) >= 11 is 0. The van der Waals surface area contributed by atoms with Gasteiger partial charge in [-0.15, -0.1) is 0 Å². The number of ether oxygens (including phenoxy) is 1. The van der Waals surface area contributed by atoms with Crippen LogP contribution in [0, 0.1) is 22.7 Å². The monoisotopic (exact) mass is 362 g/mol. The second-order valence-electron chi connectivity index (χ2n) is 8.96. The minimum Gasteiger partial charge on any atom is -0.478 e. The molecule has 2 saturated carbocycles. The molecule has 0 radical (unpaired) electrons. The molecule has 0 aromatic rings. The predicted molar refractivity (Wildman–Crippen MR) is 103 cm³/mol. The molecule has 0 unspecified atom stereocenters. The Balaban J connectivity index is 2.20. The predicted octanol–water partition coefficient (Wildman–Crippen LogP) is 5.14. The molecule has 1 N–H and O–H groups in total. The number of rotatable bonds is 6. The van der Waals surface area contributed by atoms with Crippen LogP contribution >= 0.6 is 0 Å². The van der Waals surface area contributed by atoms with Crippen LogP contribution in [0.5, 0.6) is 0 Å². The van der Waals surface area contributed by atoms with E-state index in [1.807, 2.05) is 6.92 Å². The third kappa shape index (κ3) is 4.39. The molecular weight excluding hydrogens is 328 g/mol. The molecule has 0 aromatic carbocycles. The van der Waals surface area contributed by atoms with E-state index in [1.54, 1.807) is 0 Å². The molecule has 4 heteroatoms. The highest BCUT2D eigenvalue weighted by Crippen LogP contribution is 2.62. The quantitative estimate of drug-likeness (QED) is 0.404. The van der Waals surface area contributed by atoms with E-state index in [0.717, 1.165) is 44.1 Å². The van der Waals surface area contributed by atoms with Crippen LogP contribution in [0.15, 0.2) is 23.8 Å². The molecule has 0 aromatic heterocycles. The summed E-state index contributed by atoms with van der Waals surface area (Å²) in [6.07, 6.45) is 8.58. The van der Waals surface area contributed by atoms with Crippen LogP contribution in [0.25, 0.3) is 0 Å². The van der Waals surface area contributed by atoms with Crippen LogP contribution in [0.1, 0.15) is 72.6 Å². The zero-order valence-corrected chi connectivity index (χ0v) is 16.8. The Morgan fingerprint density at radius 2 is 2.00 bits per heavy atom. The summed E-state index contributed by atoms with van der Waals surface area (Å²) in [6.45, 7) is 12.9. The van der Waals surface area contributed by atoms with Gasteiger partial charge in [0.15, 0.2) is 0 Å². The Labute approximate surface area is 157 Å². The van der Waals surface area contributed by atoms with E-state index < -0.39 is 5.97 Å². The molecule has 0 aliphatic heterocycles. The van der Waals surface area contributed by atoms with Crippen molar-refractivity contribution in [3.05, 3.63) is 23.8 Å². The van der Waals surface area contributed by atoms with Gasteiger partial charge in [0.05, 0.1) is 6.61 Å². The lowest BCUT2D eigenvalue weighted by Crippen LogP contribution is -2.52. The minimum atomic E-state index is -0.874. The summed E-state index contributed by atoms with van der Waals surface area (Å²) in [4.78, 5) is 22.3. The number of carboxylic acids is 1. The van der Waals surface area contributed by atoms with Crippen molar-refractivity contribution in [2.45, 2.75) is 72.6 Å². The van der Waals surface area contributed by atoms with Crippen molar-refractivity contribution in [3.63, 3.8) is 0 Å². The van der Waals surface area contributed by atoms with Crippen LogP contribution in [-0.4, -0.2) is 23.7 Å². The van der Waals surface area contributed by atoms with E-state index in [-0.39, 0.29) is 16.8 Å². The summed E-state index contributed by atoms with van der Waals surface area (Å²) in [5.41, 5.74) is 2.38. The smallest absolute Gasteiger partial charge is 0.328 e. The third-order valence-corrected chi connectivity index (χ3v) is 6.95. The molecule has 2 aliphatic carbocycles. The van der Waals surface area contributed by atoms with Gasteiger partial charge in [-0.1, -0.05) is 38.0 Å². The zero-order valence-electron chi connectivity index (χ0n) is 16.8. The molecular formula is C22H34O4. The van der Waals surface area contributed by atoms with Crippen molar-refractivity contribution in [2.24, 2.45) is 22.7 Å². The molecule has 0 bridgehead atoms. The summed E-state index contributed by atoms with van der Waals surface area (Å²) in [6, 6.07) is 0. The second kappa shape index (κ2) is 7.98. The Morgan fingerprint density at radius 1 is 1.31 bits per heavy atom. The van der Waals surface area contributed by atoms with Gasteiger partial charge in [-0.05, 0) is 62.7 Å². The van der Waals surface area contributed by atoms with Gasteiger partial charge in [-0.3, -0.25) is 4.79 Å². The number of hydrogen-bond donors (Lipinski definition) is 1. The van der Waals surface area contributed by atoms with Gasteiger partial charge in [-0.2, -0.15) is 0 Å². The summed E-state index contributed by atoms with van der Waals surface area (Å²) in [5, 5.41) is 8.95. The standard InChI is InChI=1S/C22H34O4/c1-15(13-20(24)25)7-9-18-16(2)8-10-19-21(4,14-26-17(3)23)11-6-12-22(18,19)5/h13,18-19H,2,6-12,14H2,1,3-5H3,(H,24,25)/t18-,19-,21-,22+/m0/s1. The van der Waals surface area contributed by atoms with Crippen molar-refractivity contribution in [3.8, 4) is 0 Å². The van der Waals surface area contributed by atoms with E-state index in [2.05, 4.69) is 20.4 Å². The van der Waals surface area contributed by atoms with Crippen molar-refractivity contribution in [1.29, 1.82) is 0 Å². The maximum Gasteiger partial charge on any atom is 0.328 e. The van der Waals surface area contributed by atoms with Gasteiger partial charge in [0.25, 0.3) is 0 Å². The molecule has 0 amide bonds. The van der Waals surface area contributed by atoms with Gasteiger partial charge < -0.3 is 9.84 Å². The number of allylic oxidation sites excluding steroid dienone is 2. The Morgan fingerprint density at radius 3 is 2.62 bits per heavy atom. The molecule has 0 saturated heterocycles. The van der Waals surface area contributed by atoms with Crippen LogP contribution in [0.2, 0.25) is 0 Å². The fourth-order valence-electron chi connectivity index (χ4n) is 5.71. The van der Waals surface area contributed by atoms with Crippen LogP contribution in [-0.2, 0) is 14.3 Å². The fourth-order valence-corrected chi connectivity index (χ4v) is 5.71. The SMILES string of the molecule is C=C1CC[C@H]2[C@](C)(COC(C)=O)CCC[C@]2(C)[C@H]1CCC(C)=CC(=O)O. The molecule has 2 aliphatic rings. The van der Waals surface area contributed by atoms with E-state index in [9.17, 15) is 9.59 Å². The number of carbonyl (C=O) groups excluding carboxylic acids is 1. The molecule has 2 fully saturated rings. The fraction of sp³-hybridized carbons (Fsp3) is 0.727. The average molecular weight is 363 g/mol. The summed E-state index contributed by atoms with van der Waals surface area (Å²) in [5.74, 6) is -0.178. The average Bonchev–Trinajstić information content (AvgIpc) is 2.51. The van der Waals surface area contributed by atoms with Crippen LogP contribution < -0.4 is 0 Å². The number of aliphatic carboxylic acids is 1. The largest absolute Gasteiger partial charge is 0.478 e. The number of hydrogen-bond acceptors (Lipinski definition) is 3. The van der Waals surface area contributed by atoms with E-state index in [0.29, 0.717) is 18.4 Å². The first-order valence-electron chi connectivity index (χ1n) is 9.79. The highest BCUT2D eigenvalue weighted by atomic mass is 16.5. The van der Waals surface area contributed by atoms with Crippen molar-refractivity contribution >= 4 is 11.9 Å². The van der Waals surface area contributed by atoms with Crippen LogP contribution in [0.4, 0.5) is 0 Å². The molecule has 0 spiro atoms. The second-order valence-corrected chi connectivity index (χ2v) is 8.96. The summed E-state index contributed by atoms with van der Waals surface area (Å²) in [7, 11) is 0. The Bertz CT molecular complexity index is 605. The normalized spacial score (nSPS) is 34.9. The van der Waals surface area contributed by atoms with Crippen molar-refractivity contribution < 1.29 is 19.4 Å². The molecule has 4 atom stereocenters. The van der Waals surface area contributed by atoms with E-state index in [1.165, 1.54) is 25.0 Å². The third-order valence-electron chi connectivity index (χ3n) is 6.95. The number of esters is 1. The molecule has 26 heavy (non-hydrogen) atoms.